The van der Waals surface area contributed by atoms with E-state index in [1.807, 2.05) is 0 Å². The van der Waals surface area contributed by atoms with Gasteiger partial charge in [-0.3, -0.25) is 4.90 Å². The molecule has 0 radical (unpaired) electrons. The summed E-state index contributed by atoms with van der Waals surface area (Å²) in [6, 6.07) is 18.4. The number of nitrogen functional groups attached to an aromatic ring is 1. The third kappa shape index (κ3) is 4.57. The van der Waals surface area contributed by atoms with Crippen molar-refractivity contribution in [2.24, 2.45) is 0 Å². The average molecular weight is 522 g/mol. The minimum Gasteiger partial charge on any atom is -0.383 e. The van der Waals surface area contributed by atoms with Gasteiger partial charge < -0.3 is 15.0 Å². The van der Waals surface area contributed by atoms with Crippen molar-refractivity contribution in [3.05, 3.63) is 72.2 Å². The Bertz CT molecular complexity index is 1620. The van der Waals surface area contributed by atoms with Crippen LogP contribution in [0.5, 0.6) is 0 Å². The third-order valence-corrected chi connectivity index (χ3v) is 8.57. The third-order valence-electron chi connectivity index (χ3n) is 8.57. The van der Waals surface area contributed by atoms with E-state index in [4.69, 9.17) is 15.6 Å². The van der Waals surface area contributed by atoms with E-state index in [0.717, 1.165) is 68.0 Å². The second-order valence-corrected chi connectivity index (χ2v) is 11.1. The van der Waals surface area contributed by atoms with Crippen LogP contribution in [0.2, 0.25) is 0 Å². The lowest BCUT2D eigenvalue weighted by molar-refractivity contribution is 0.00520. The molecule has 2 aliphatic rings. The summed E-state index contributed by atoms with van der Waals surface area (Å²) in [5.41, 5.74) is 13.0. The van der Waals surface area contributed by atoms with Crippen LogP contribution in [0.1, 0.15) is 42.9 Å². The molecule has 1 aliphatic carbocycles. The second kappa shape index (κ2) is 10.1. The predicted octanol–water partition coefficient (Wildman–Crippen LogP) is 5.20. The van der Waals surface area contributed by atoms with E-state index in [-0.39, 0.29) is 0 Å². The summed E-state index contributed by atoms with van der Waals surface area (Å²) in [6.45, 7) is 6.77. The zero-order valence-corrected chi connectivity index (χ0v) is 22.5. The van der Waals surface area contributed by atoms with Crippen LogP contribution in [0, 0.1) is 6.92 Å². The van der Waals surface area contributed by atoms with Crippen LogP contribution < -0.4 is 5.73 Å². The Hall–Kier alpha value is -3.75. The van der Waals surface area contributed by atoms with E-state index in [2.05, 4.69) is 85.8 Å². The molecule has 200 valence electrons. The van der Waals surface area contributed by atoms with Gasteiger partial charge in [0.2, 0.25) is 0 Å². The molecule has 1 aliphatic heterocycles. The summed E-state index contributed by atoms with van der Waals surface area (Å²) in [7, 11) is 0. The monoisotopic (exact) mass is 521 g/mol. The van der Waals surface area contributed by atoms with Gasteiger partial charge in [-0.25, -0.2) is 14.6 Å². The first-order chi connectivity index (χ1) is 19.1. The van der Waals surface area contributed by atoms with Crippen molar-refractivity contribution < 1.29 is 4.74 Å². The minimum atomic E-state index is 0.312. The van der Waals surface area contributed by atoms with Crippen molar-refractivity contribution in [2.75, 3.05) is 32.0 Å². The number of hydrogen-bond acceptors (Lipinski definition) is 6. The molecule has 2 N–H and O–H groups in total. The number of hydrogen-bond donors (Lipinski definition) is 1. The highest BCUT2D eigenvalue weighted by Crippen LogP contribution is 2.37. The smallest absolute Gasteiger partial charge is 0.164 e. The highest BCUT2D eigenvalue weighted by Gasteiger charge is 2.30. The zero-order valence-electron chi connectivity index (χ0n) is 22.5. The summed E-state index contributed by atoms with van der Waals surface area (Å²) in [5, 5.41) is 7.20. The maximum Gasteiger partial charge on any atom is 0.164 e. The van der Waals surface area contributed by atoms with E-state index in [9.17, 15) is 0 Å². The molecule has 0 unspecified atom stereocenters. The first-order valence-corrected chi connectivity index (χ1v) is 14.1. The van der Waals surface area contributed by atoms with Crippen LogP contribution in [0.25, 0.3) is 33.2 Å². The van der Waals surface area contributed by atoms with Crippen LogP contribution >= 0.6 is 0 Å². The van der Waals surface area contributed by atoms with Gasteiger partial charge in [-0.2, -0.15) is 5.10 Å². The average Bonchev–Trinajstić information content (AvgIpc) is 3.56. The van der Waals surface area contributed by atoms with Crippen molar-refractivity contribution in [3.8, 4) is 11.3 Å². The number of morpholine rings is 1. The molecule has 2 aromatic carbocycles. The fraction of sp³-hybridized carbons (Fsp3) is 0.387. The Morgan fingerprint density at radius 1 is 0.949 bits per heavy atom. The number of nitrogens with zero attached hydrogens (tertiary/aromatic N) is 6. The molecular weight excluding hydrogens is 486 g/mol. The Labute approximate surface area is 228 Å². The Kier molecular flexibility index (Phi) is 6.29. The molecule has 0 bridgehead atoms. The Morgan fingerprint density at radius 2 is 1.77 bits per heavy atom. The van der Waals surface area contributed by atoms with Gasteiger partial charge >= 0.3 is 0 Å². The van der Waals surface area contributed by atoms with Gasteiger partial charge in [-0.1, -0.05) is 35.9 Å². The van der Waals surface area contributed by atoms with Gasteiger partial charge in [-0.05, 0) is 56.4 Å². The lowest BCUT2D eigenvalue weighted by Crippen LogP contribution is -2.45. The van der Waals surface area contributed by atoms with Gasteiger partial charge in [0.25, 0.3) is 0 Å². The second-order valence-electron chi connectivity index (χ2n) is 11.1. The number of aryl methyl sites for hydroxylation is 1. The lowest BCUT2D eigenvalue weighted by Gasteiger charge is -2.38. The molecule has 0 amide bonds. The Balaban J connectivity index is 1.19. The number of ether oxygens (including phenoxy) is 1. The minimum absolute atomic E-state index is 0.312. The molecule has 2 fully saturated rings. The fourth-order valence-electron chi connectivity index (χ4n) is 6.56. The van der Waals surface area contributed by atoms with Crippen molar-refractivity contribution in [1.82, 2.24) is 29.2 Å². The highest BCUT2D eigenvalue weighted by molar-refractivity contribution is 6.00. The van der Waals surface area contributed by atoms with Crippen molar-refractivity contribution in [3.63, 3.8) is 0 Å². The number of benzene rings is 2. The molecule has 3 aromatic heterocycles. The number of anilines is 1. The topological polar surface area (TPSA) is 87.0 Å². The van der Waals surface area contributed by atoms with Crippen LogP contribution in [0.15, 0.2) is 61.1 Å². The van der Waals surface area contributed by atoms with Gasteiger partial charge in [0.1, 0.15) is 17.8 Å². The van der Waals surface area contributed by atoms with E-state index in [1.165, 1.54) is 34.9 Å². The molecule has 0 atom stereocenters. The van der Waals surface area contributed by atoms with Gasteiger partial charge in [0.15, 0.2) is 5.65 Å². The highest BCUT2D eigenvalue weighted by atomic mass is 16.5. The summed E-state index contributed by atoms with van der Waals surface area (Å²) in [4.78, 5) is 11.6. The molecule has 8 heteroatoms. The molecule has 1 saturated carbocycles. The Morgan fingerprint density at radius 3 is 2.59 bits per heavy atom. The molecule has 1 saturated heterocycles. The van der Waals surface area contributed by atoms with Gasteiger partial charge in [0, 0.05) is 48.3 Å². The summed E-state index contributed by atoms with van der Waals surface area (Å²) < 4.78 is 9.99. The molecular formula is C31H35N7O. The maximum atomic E-state index is 6.44. The maximum absolute atomic E-state index is 6.44. The van der Waals surface area contributed by atoms with Crippen LogP contribution in [-0.4, -0.2) is 61.6 Å². The van der Waals surface area contributed by atoms with Crippen molar-refractivity contribution in [2.45, 2.75) is 51.2 Å². The zero-order chi connectivity index (χ0) is 26.3. The van der Waals surface area contributed by atoms with E-state index >= 15 is 0 Å². The summed E-state index contributed by atoms with van der Waals surface area (Å²) in [5.74, 6) is 0.486. The number of fused-ring (bicyclic) bond motifs is 2. The normalized spacial score (nSPS) is 20.6. The van der Waals surface area contributed by atoms with Crippen molar-refractivity contribution >= 4 is 27.8 Å². The molecule has 39 heavy (non-hydrogen) atoms. The molecule has 5 aromatic rings. The predicted molar refractivity (Wildman–Crippen MR) is 155 cm³/mol. The van der Waals surface area contributed by atoms with E-state index in [0.29, 0.717) is 17.9 Å². The van der Waals surface area contributed by atoms with Crippen LogP contribution in [0.4, 0.5) is 5.82 Å². The quantitative estimate of drug-likeness (QED) is 0.342. The molecule has 4 heterocycles. The fourth-order valence-corrected chi connectivity index (χ4v) is 6.56. The molecule has 7 rings (SSSR count). The van der Waals surface area contributed by atoms with Crippen molar-refractivity contribution in [1.29, 1.82) is 0 Å². The number of nitrogens with two attached hydrogens (primary N) is 1. The van der Waals surface area contributed by atoms with E-state index in [1.54, 1.807) is 6.33 Å². The van der Waals surface area contributed by atoms with Crippen LogP contribution in [-0.2, 0) is 11.3 Å². The largest absolute Gasteiger partial charge is 0.383 e. The SMILES string of the molecule is Cc1cccc(Cn2ccc3cc(-c4nn(C5CCC(N6CCOCC6)CC5)c5ncnc(N)c45)ccc32)c1. The summed E-state index contributed by atoms with van der Waals surface area (Å²) in [6.07, 6.45) is 8.24. The van der Waals surface area contributed by atoms with Gasteiger partial charge in [-0.15, -0.1) is 0 Å². The molecule has 8 nitrogen and oxygen atoms in total. The lowest BCUT2D eigenvalue weighted by atomic mass is 9.90. The number of rotatable bonds is 5. The molecule has 0 spiro atoms. The first-order valence-electron chi connectivity index (χ1n) is 14.1. The summed E-state index contributed by atoms with van der Waals surface area (Å²) >= 11 is 0. The van der Waals surface area contributed by atoms with E-state index < -0.39 is 0 Å². The van der Waals surface area contributed by atoms with Gasteiger partial charge in [0.05, 0.1) is 24.6 Å². The first kappa shape index (κ1) is 24.3. The number of aromatic nitrogens is 5. The standard InChI is InChI=1S/C31H35N7O/c1-21-3-2-4-22(17-21)19-37-12-11-23-18-24(5-10-27(23)37)29-28-30(32)33-20-34-31(28)38(35-29)26-8-6-25(7-9-26)36-13-15-39-16-14-36/h2-5,10-12,17-18,20,25-26H,6-9,13-16,19H2,1H3,(H2,32,33,34). The van der Waals surface area contributed by atoms with Crippen LogP contribution in [0.3, 0.4) is 0 Å².